The monoisotopic (exact) mass is 518 g/mol. The third kappa shape index (κ3) is 5.18. The molecule has 0 bridgehead atoms. The molecule has 1 aliphatic heterocycles. The van der Waals surface area contributed by atoms with Gasteiger partial charge in [-0.15, -0.1) is 17.9 Å². The van der Waals surface area contributed by atoms with Gasteiger partial charge in [0.15, 0.2) is 0 Å². The number of aldehydes is 1. The molecule has 34 heavy (non-hydrogen) atoms. The lowest BCUT2D eigenvalue weighted by Crippen LogP contribution is -2.56. The topological polar surface area (TPSA) is 82.6 Å². The molecule has 2 aromatic heterocycles. The maximum absolute atomic E-state index is 13.5. The summed E-state index contributed by atoms with van der Waals surface area (Å²) in [5.74, 6) is 0. The van der Waals surface area contributed by atoms with E-state index in [0.29, 0.717) is 36.1 Å². The van der Waals surface area contributed by atoms with Crippen molar-refractivity contribution in [3.8, 4) is 0 Å². The summed E-state index contributed by atoms with van der Waals surface area (Å²) in [5.41, 5.74) is 2.04. The Labute approximate surface area is 209 Å². The molecule has 3 heterocycles. The summed E-state index contributed by atoms with van der Waals surface area (Å²) in [4.78, 5) is 18.7. The maximum atomic E-state index is 13.5. The first-order valence-electron chi connectivity index (χ1n) is 11.0. The van der Waals surface area contributed by atoms with Crippen LogP contribution in [0.3, 0.4) is 0 Å². The van der Waals surface area contributed by atoms with Crippen LogP contribution in [0, 0.1) is 6.92 Å². The number of benzene rings is 1. The van der Waals surface area contributed by atoms with E-state index in [2.05, 4.69) is 16.9 Å². The van der Waals surface area contributed by atoms with Gasteiger partial charge in [0.1, 0.15) is 11.5 Å². The summed E-state index contributed by atoms with van der Waals surface area (Å²) in [6.07, 6.45) is 5.82. The van der Waals surface area contributed by atoms with Gasteiger partial charge in [0.25, 0.3) is 0 Å². The van der Waals surface area contributed by atoms with E-state index in [1.807, 2.05) is 36.1 Å². The molecule has 10 heteroatoms. The fraction of sp³-hybridized carbons (Fsp3) is 0.333. The highest BCUT2D eigenvalue weighted by Gasteiger charge is 2.37. The zero-order valence-electron chi connectivity index (χ0n) is 18.9. The molecule has 1 N–H and O–H groups in total. The largest absolute Gasteiger partial charge is 0.383 e. The number of halogens is 1. The lowest BCUT2D eigenvalue weighted by Gasteiger charge is -2.39. The molecular weight excluding hydrogens is 492 g/mol. The van der Waals surface area contributed by atoms with Gasteiger partial charge in [0.05, 0.1) is 6.04 Å². The minimum absolute atomic E-state index is 0.126. The number of thiophene rings is 1. The lowest BCUT2D eigenvalue weighted by atomic mass is 10.2. The number of sulfonamides is 1. The number of carbonyl (C=O) groups is 1. The van der Waals surface area contributed by atoms with Crippen LogP contribution in [-0.2, 0) is 14.8 Å². The molecule has 1 aliphatic rings. The normalized spacial score (nSPS) is 18.6. The van der Waals surface area contributed by atoms with Crippen LogP contribution in [0.4, 0.5) is 5.69 Å². The molecule has 0 radical (unpaired) electrons. The molecule has 0 saturated carbocycles. The second-order valence-electron chi connectivity index (χ2n) is 8.25. The molecule has 2 unspecified atom stereocenters. The number of fused-ring (bicyclic) bond motifs is 1. The van der Waals surface area contributed by atoms with Gasteiger partial charge in [0.2, 0.25) is 10.0 Å². The maximum Gasteiger partial charge on any atom is 0.225 e. The first-order valence-corrected chi connectivity index (χ1v) is 13.7. The van der Waals surface area contributed by atoms with Gasteiger partial charge in [0, 0.05) is 65.4 Å². The highest BCUT2D eigenvalue weighted by molar-refractivity contribution is 7.89. The minimum atomic E-state index is -3.74. The van der Waals surface area contributed by atoms with Crippen LogP contribution in [0.2, 0.25) is 5.02 Å². The number of piperazine rings is 1. The van der Waals surface area contributed by atoms with Crippen molar-refractivity contribution in [1.29, 1.82) is 0 Å². The Kier molecular flexibility index (Phi) is 7.69. The first kappa shape index (κ1) is 24.8. The molecule has 2 atom stereocenters. The Morgan fingerprint density at radius 1 is 1.32 bits per heavy atom. The fourth-order valence-electron chi connectivity index (χ4n) is 4.18. The molecular formula is C24H27ClN4O3S2. The minimum Gasteiger partial charge on any atom is -0.383 e. The van der Waals surface area contributed by atoms with Crippen molar-refractivity contribution < 1.29 is 13.2 Å². The van der Waals surface area contributed by atoms with E-state index in [4.69, 9.17) is 11.6 Å². The molecule has 180 valence electrons. The fourth-order valence-corrected chi connectivity index (χ4v) is 7.63. The van der Waals surface area contributed by atoms with Crippen molar-refractivity contribution in [3.63, 3.8) is 0 Å². The average molecular weight is 519 g/mol. The van der Waals surface area contributed by atoms with E-state index in [-0.39, 0.29) is 6.54 Å². The number of aryl methyl sites for hydroxylation is 1. The van der Waals surface area contributed by atoms with Gasteiger partial charge in [-0.25, -0.2) is 8.42 Å². The Bertz CT molecular complexity index is 1290. The number of anilines is 1. The van der Waals surface area contributed by atoms with Gasteiger partial charge in [-0.3, -0.25) is 9.88 Å². The molecule has 0 aliphatic carbocycles. The lowest BCUT2D eigenvalue weighted by molar-refractivity contribution is -0.113. The van der Waals surface area contributed by atoms with Crippen molar-refractivity contribution in [2.45, 2.75) is 18.2 Å². The Morgan fingerprint density at radius 3 is 2.88 bits per heavy atom. The number of nitrogens with zero attached hydrogens (tertiary/aromatic N) is 3. The molecule has 7 nitrogen and oxygen atoms in total. The van der Waals surface area contributed by atoms with E-state index in [1.165, 1.54) is 21.7 Å². The number of pyridine rings is 1. The van der Waals surface area contributed by atoms with E-state index in [1.54, 1.807) is 18.5 Å². The van der Waals surface area contributed by atoms with Gasteiger partial charge < -0.3 is 10.1 Å². The van der Waals surface area contributed by atoms with E-state index in [9.17, 15) is 13.2 Å². The Hall–Kier alpha value is -2.30. The van der Waals surface area contributed by atoms with Crippen LogP contribution in [0.1, 0.15) is 15.7 Å². The SMILES string of the molecule is C=CC(c1cc2ccc(Cl)cc2s1)S(=O)(=O)N1CCN(CCNc2ccncc2C)C(C=O)C1. The molecule has 1 saturated heterocycles. The molecule has 4 rings (SSSR count). The second-order valence-corrected chi connectivity index (χ2v) is 11.9. The van der Waals surface area contributed by atoms with E-state index in [0.717, 1.165) is 27.6 Å². The summed E-state index contributed by atoms with van der Waals surface area (Å²) >= 11 is 7.49. The summed E-state index contributed by atoms with van der Waals surface area (Å²) in [5, 5.41) is 4.04. The molecule has 0 amide bonds. The molecule has 0 spiro atoms. The zero-order chi connectivity index (χ0) is 24.3. The standard InChI is InChI=1S/C24H27ClN4O3S2/c1-3-24(23-12-18-4-5-19(25)13-22(18)33-23)34(31,32)29-11-10-28(20(15-29)16-30)9-8-27-21-6-7-26-14-17(21)2/h3-7,12-14,16,20,24H,1,8-11,15H2,2H3,(H,26,27). The number of aromatic nitrogens is 1. The predicted molar refractivity (Wildman–Crippen MR) is 139 cm³/mol. The van der Waals surface area contributed by atoms with Crippen LogP contribution in [0.15, 0.2) is 55.4 Å². The second kappa shape index (κ2) is 10.5. The van der Waals surface area contributed by atoms with Crippen LogP contribution >= 0.6 is 22.9 Å². The van der Waals surface area contributed by atoms with Crippen LogP contribution in [0.25, 0.3) is 10.1 Å². The van der Waals surface area contributed by atoms with Gasteiger partial charge in [-0.2, -0.15) is 4.31 Å². The first-order chi connectivity index (χ1) is 16.3. The van der Waals surface area contributed by atoms with Crippen molar-refractivity contribution in [1.82, 2.24) is 14.2 Å². The van der Waals surface area contributed by atoms with Crippen LogP contribution in [0.5, 0.6) is 0 Å². The zero-order valence-corrected chi connectivity index (χ0v) is 21.2. The van der Waals surface area contributed by atoms with Gasteiger partial charge in [-0.05, 0) is 42.1 Å². The van der Waals surface area contributed by atoms with Crippen LogP contribution in [-0.4, -0.2) is 67.7 Å². The number of rotatable bonds is 9. The Balaban J connectivity index is 1.44. The third-order valence-corrected chi connectivity index (χ3v) is 9.77. The smallest absolute Gasteiger partial charge is 0.225 e. The van der Waals surface area contributed by atoms with E-state index >= 15 is 0 Å². The van der Waals surface area contributed by atoms with Crippen molar-refractivity contribution in [2.75, 3.05) is 38.0 Å². The summed E-state index contributed by atoms with van der Waals surface area (Å²) in [7, 11) is -3.74. The summed E-state index contributed by atoms with van der Waals surface area (Å²) in [6.45, 7) is 7.97. The van der Waals surface area contributed by atoms with Crippen molar-refractivity contribution in [3.05, 3.63) is 70.8 Å². The third-order valence-electron chi connectivity index (χ3n) is 6.06. The van der Waals surface area contributed by atoms with Crippen molar-refractivity contribution in [2.24, 2.45) is 0 Å². The number of hydrogen-bond acceptors (Lipinski definition) is 7. The number of carbonyl (C=O) groups excluding carboxylic acids is 1. The number of hydrogen-bond donors (Lipinski definition) is 1. The van der Waals surface area contributed by atoms with E-state index < -0.39 is 21.3 Å². The van der Waals surface area contributed by atoms with Crippen LogP contribution < -0.4 is 5.32 Å². The van der Waals surface area contributed by atoms with Crippen molar-refractivity contribution >= 4 is 55.0 Å². The summed E-state index contributed by atoms with van der Waals surface area (Å²) < 4.78 is 29.4. The van der Waals surface area contributed by atoms with Gasteiger partial charge in [-0.1, -0.05) is 23.7 Å². The quantitative estimate of drug-likeness (QED) is 0.339. The highest BCUT2D eigenvalue weighted by Crippen LogP contribution is 2.37. The Morgan fingerprint density at radius 2 is 2.15 bits per heavy atom. The number of nitrogens with one attached hydrogen (secondary N) is 1. The molecule has 1 fully saturated rings. The highest BCUT2D eigenvalue weighted by atomic mass is 35.5. The molecule has 3 aromatic rings. The predicted octanol–water partition coefficient (Wildman–Crippen LogP) is 4.11. The van der Waals surface area contributed by atoms with Gasteiger partial charge >= 0.3 is 0 Å². The molecule has 1 aromatic carbocycles. The average Bonchev–Trinajstić information content (AvgIpc) is 3.23. The summed E-state index contributed by atoms with van der Waals surface area (Å²) in [6, 6.07) is 8.79.